The molecule has 0 aliphatic heterocycles. The SMILES string of the molecule is Cc1ccc(NC(=O)CCNC(C)(C)C)cc1O. The molecule has 1 amide bonds. The summed E-state index contributed by atoms with van der Waals surface area (Å²) >= 11 is 0. The topological polar surface area (TPSA) is 61.4 Å². The van der Waals surface area contributed by atoms with Gasteiger partial charge in [-0.2, -0.15) is 0 Å². The number of phenols is 1. The van der Waals surface area contributed by atoms with Crippen LogP contribution < -0.4 is 10.6 Å². The van der Waals surface area contributed by atoms with Crippen LogP contribution in [0.4, 0.5) is 5.69 Å². The van der Waals surface area contributed by atoms with Gasteiger partial charge in [-0.15, -0.1) is 0 Å². The molecule has 100 valence electrons. The number of aryl methyl sites for hydroxylation is 1. The third-order valence-electron chi connectivity index (χ3n) is 2.50. The molecule has 0 aliphatic rings. The lowest BCUT2D eigenvalue weighted by Gasteiger charge is -2.20. The van der Waals surface area contributed by atoms with E-state index in [9.17, 15) is 9.90 Å². The molecular formula is C14H22N2O2. The van der Waals surface area contributed by atoms with Crippen LogP contribution in [0.5, 0.6) is 5.75 Å². The molecule has 0 spiro atoms. The Morgan fingerprint density at radius 1 is 1.33 bits per heavy atom. The van der Waals surface area contributed by atoms with Crippen LogP contribution in [0.15, 0.2) is 18.2 Å². The van der Waals surface area contributed by atoms with Crippen LogP contribution in [0.25, 0.3) is 0 Å². The maximum atomic E-state index is 11.7. The number of amides is 1. The second-order valence-electron chi connectivity index (χ2n) is 5.48. The zero-order valence-electron chi connectivity index (χ0n) is 11.5. The number of rotatable bonds is 4. The van der Waals surface area contributed by atoms with E-state index in [4.69, 9.17) is 0 Å². The number of aromatic hydroxyl groups is 1. The molecule has 0 fully saturated rings. The highest BCUT2D eigenvalue weighted by Gasteiger charge is 2.10. The molecule has 3 N–H and O–H groups in total. The summed E-state index contributed by atoms with van der Waals surface area (Å²) in [6.45, 7) is 8.62. The van der Waals surface area contributed by atoms with Crippen LogP contribution in [0.1, 0.15) is 32.8 Å². The third-order valence-corrected chi connectivity index (χ3v) is 2.50. The number of nitrogens with one attached hydrogen (secondary N) is 2. The van der Waals surface area contributed by atoms with Crippen LogP contribution in [0.2, 0.25) is 0 Å². The fourth-order valence-corrected chi connectivity index (χ4v) is 1.46. The van der Waals surface area contributed by atoms with E-state index in [1.54, 1.807) is 18.2 Å². The Bertz CT molecular complexity index is 422. The first-order chi connectivity index (χ1) is 8.28. The Kier molecular flexibility index (Phi) is 4.73. The minimum absolute atomic E-state index is 0.0163. The Hall–Kier alpha value is -1.55. The second kappa shape index (κ2) is 5.87. The summed E-state index contributed by atoms with van der Waals surface area (Å²) in [5.74, 6) is 0.135. The van der Waals surface area contributed by atoms with Crippen LogP contribution in [0.3, 0.4) is 0 Å². The van der Waals surface area contributed by atoms with E-state index in [0.29, 0.717) is 18.7 Å². The first kappa shape index (κ1) is 14.5. The fraction of sp³-hybridized carbons (Fsp3) is 0.500. The number of hydrogen-bond acceptors (Lipinski definition) is 3. The molecular weight excluding hydrogens is 228 g/mol. The second-order valence-corrected chi connectivity index (χ2v) is 5.48. The van der Waals surface area contributed by atoms with E-state index in [2.05, 4.69) is 31.4 Å². The number of anilines is 1. The van der Waals surface area contributed by atoms with Gasteiger partial charge in [0.2, 0.25) is 5.91 Å². The van der Waals surface area contributed by atoms with Crippen molar-refractivity contribution in [3.8, 4) is 5.75 Å². The van der Waals surface area contributed by atoms with E-state index in [1.807, 2.05) is 6.92 Å². The highest BCUT2D eigenvalue weighted by Crippen LogP contribution is 2.20. The molecule has 0 saturated heterocycles. The normalized spacial score (nSPS) is 11.3. The summed E-state index contributed by atoms with van der Waals surface area (Å²) in [5, 5.41) is 15.5. The monoisotopic (exact) mass is 250 g/mol. The zero-order valence-corrected chi connectivity index (χ0v) is 11.5. The van der Waals surface area contributed by atoms with Gasteiger partial charge in [0.1, 0.15) is 5.75 Å². The molecule has 4 heteroatoms. The minimum atomic E-state index is -0.0602. The van der Waals surface area contributed by atoms with Crippen LogP contribution >= 0.6 is 0 Å². The molecule has 0 aromatic heterocycles. The first-order valence-corrected chi connectivity index (χ1v) is 6.12. The van der Waals surface area contributed by atoms with Crippen molar-refractivity contribution in [2.45, 2.75) is 39.7 Å². The van der Waals surface area contributed by atoms with Gasteiger partial charge in [-0.25, -0.2) is 0 Å². The van der Waals surface area contributed by atoms with Gasteiger partial charge in [-0.1, -0.05) is 6.07 Å². The third kappa shape index (κ3) is 5.19. The summed E-state index contributed by atoms with van der Waals surface area (Å²) < 4.78 is 0. The molecule has 0 atom stereocenters. The highest BCUT2D eigenvalue weighted by molar-refractivity contribution is 5.91. The average Bonchev–Trinajstić information content (AvgIpc) is 2.21. The van der Waals surface area contributed by atoms with Crippen molar-refractivity contribution in [1.82, 2.24) is 5.32 Å². The zero-order chi connectivity index (χ0) is 13.8. The van der Waals surface area contributed by atoms with Gasteiger partial charge >= 0.3 is 0 Å². The van der Waals surface area contributed by atoms with Crippen molar-refractivity contribution in [3.63, 3.8) is 0 Å². The molecule has 0 radical (unpaired) electrons. The fourth-order valence-electron chi connectivity index (χ4n) is 1.46. The standard InChI is InChI=1S/C14H22N2O2/c1-10-5-6-11(9-12(10)17)16-13(18)7-8-15-14(2,3)4/h5-6,9,15,17H,7-8H2,1-4H3,(H,16,18). The summed E-state index contributed by atoms with van der Waals surface area (Å²) in [6.07, 6.45) is 0.409. The Balaban J connectivity index is 2.42. The molecule has 0 unspecified atom stereocenters. The summed E-state index contributed by atoms with van der Waals surface area (Å²) in [6, 6.07) is 5.12. The van der Waals surface area contributed by atoms with Gasteiger partial charge < -0.3 is 15.7 Å². The van der Waals surface area contributed by atoms with E-state index in [-0.39, 0.29) is 17.2 Å². The predicted molar refractivity (Wildman–Crippen MR) is 73.8 cm³/mol. The Morgan fingerprint density at radius 2 is 2.00 bits per heavy atom. The lowest BCUT2D eigenvalue weighted by atomic mass is 10.1. The maximum Gasteiger partial charge on any atom is 0.225 e. The molecule has 0 aliphatic carbocycles. The van der Waals surface area contributed by atoms with Gasteiger partial charge in [0.15, 0.2) is 0 Å². The number of phenolic OH excluding ortho intramolecular Hbond substituents is 1. The van der Waals surface area contributed by atoms with Gasteiger partial charge in [-0.3, -0.25) is 4.79 Å². The minimum Gasteiger partial charge on any atom is -0.508 e. The largest absolute Gasteiger partial charge is 0.508 e. The lowest BCUT2D eigenvalue weighted by molar-refractivity contribution is -0.116. The Morgan fingerprint density at radius 3 is 2.56 bits per heavy atom. The average molecular weight is 250 g/mol. The van der Waals surface area contributed by atoms with Gasteiger partial charge in [0.05, 0.1) is 0 Å². The van der Waals surface area contributed by atoms with Gasteiger partial charge in [0, 0.05) is 30.3 Å². The van der Waals surface area contributed by atoms with Crippen molar-refractivity contribution in [2.75, 3.05) is 11.9 Å². The van der Waals surface area contributed by atoms with E-state index in [0.717, 1.165) is 5.56 Å². The van der Waals surface area contributed by atoms with Gasteiger partial charge in [-0.05, 0) is 39.3 Å². The van der Waals surface area contributed by atoms with Crippen molar-refractivity contribution in [2.24, 2.45) is 0 Å². The number of hydrogen-bond donors (Lipinski definition) is 3. The number of carbonyl (C=O) groups is 1. The quantitative estimate of drug-likeness (QED) is 0.769. The lowest BCUT2D eigenvalue weighted by Crippen LogP contribution is -2.37. The highest BCUT2D eigenvalue weighted by atomic mass is 16.3. The first-order valence-electron chi connectivity index (χ1n) is 6.12. The van der Waals surface area contributed by atoms with Crippen LogP contribution in [-0.4, -0.2) is 23.1 Å². The van der Waals surface area contributed by atoms with Crippen LogP contribution in [0, 0.1) is 6.92 Å². The van der Waals surface area contributed by atoms with Crippen molar-refractivity contribution < 1.29 is 9.90 Å². The molecule has 0 saturated carbocycles. The van der Waals surface area contributed by atoms with Crippen molar-refractivity contribution >= 4 is 11.6 Å². The van der Waals surface area contributed by atoms with E-state index < -0.39 is 0 Å². The maximum absolute atomic E-state index is 11.7. The smallest absolute Gasteiger partial charge is 0.225 e. The molecule has 4 nitrogen and oxygen atoms in total. The predicted octanol–water partition coefficient (Wildman–Crippen LogP) is 2.42. The molecule has 0 heterocycles. The molecule has 18 heavy (non-hydrogen) atoms. The summed E-state index contributed by atoms with van der Waals surface area (Å²) in [7, 11) is 0. The number of carbonyl (C=O) groups excluding carboxylic acids is 1. The van der Waals surface area contributed by atoms with E-state index in [1.165, 1.54) is 0 Å². The van der Waals surface area contributed by atoms with E-state index >= 15 is 0 Å². The van der Waals surface area contributed by atoms with Crippen molar-refractivity contribution in [3.05, 3.63) is 23.8 Å². The van der Waals surface area contributed by atoms with Crippen molar-refractivity contribution in [1.29, 1.82) is 0 Å². The molecule has 0 bridgehead atoms. The van der Waals surface area contributed by atoms with Gasteiger partial charge in [0.25, 0.3) is 0 Å². The number of benzene rings is 1. The summed E-state index contributed by atoms with van der Waals surface area (Å²) in [5.41, 5.74) is 1.43. The van der Waals surface area contributed by atoms with Crippen LogP contribution in [-0.2, 0) is 4.79 Å². The Labute approximate surface area is 108 Å². The molecule has 1 aromatic carbocycles. The molecule has 1 rings (SSSR count). The summed E-state index contributed by atoms with van der Waals surface area (Å²) in [4.78, 5) is 11.7. The molecule has 1 aromatic rings.